The van der Waals surface area contributed by atoms with E-state index in [1.54, 1.807) is 30.8 Å². The van der Waals surface area contributed by atoms with Gasteiger partial charge in [-0.3, -0.25) is 4.79 Å². The molecule has 0 aliphatic rings. The molecule has 2 rings (SSSR count). The molecule has 0 N–H and O–H groups in total. The monoisotopic (exact) mass is 422 g/mol. The van der Waals surface area contributed by atoms with Crippen molar-refractivity contribution < 1.29 is 14.3 Å². The smallest absolute Gasteiger partial charge is 0.216 e. The fourth-order valence-electron chi connectivity index (χ4n) is 1.30. The van der Waals surface area contributed by atoms with Gasteiger partial charge in [-0.2, -0.15) is 5.10 Å². The molecule has 0 aliphatic carbocycles. The Bertz CT molecular complexity index is 577. The first-order valence-corrected chi connectivity index (χ1v) is 10.0. The lowest BCUT2D eigenvalue weighted by atomic mass is 10.3. The standard InChI is InChI=1S/C9H8IN4O2P.C3H8O/c1-16-9-3-7(11-5-12-9)8-2-6(4-15)13-14(8)17-10;1-3-4-2/h2-5,17H,1H3;3H2,1-2H3. The predicted octanol–water partition coefficient (Wildman–Crippen LogP) is 2.61. The molecule has 21 heavy (non-hydrogen) atoms. The molecular formula is C12H16IN4O3P. The van der Waals surface area contributed by atoms with Gasteiger partial charge in [-0.15, -0.1) is 0 Å². The average Bonchev–Trinajstić information content (AvgIpc) is 2.98. The second-order valence-electron chi connectivity index (χ2n) is 3.59. The third kappa shape index (κ3) is 5.29. The maximum atomic E-state index is 10.7. The van der Waals surface area contributed by atoms with Crippen LogP contribution in [0.25, 0.3) is 11.4 Å². The molecule has 0 amide bonds. The minimum atomic E-state index is 0.391. The minimum absolute atomic E-state index is 0.391. The van der Waals surface area contributed by atoms with Crippen LogP contribution in [-0.4, -0.2) is 46.6 Å². The summed E-state index contributed by atoms with van der Waals surface area (Å²) in [5.41, 5.74) is 1.85. The van der Waals surface area contributed by atoms with Crippen molar-refractivity contribution in [2.24, 2.45) is 0 Å². The van der Waals surface area contributed by atoms with Crippen molar-refractivity contribution in [3.63, 3.8) is 0 Å². The Morgan fingerprint density at radius 2 is 2.10 bits per heavy atom. The molecule has 0 bridgehead atoms. The Hall–Kier alpha value is -1.12. The zero-order valence-electron chi connectivity index (χ0n) is 11.9. The molecule has 0 fully saturated rings. The van der Waals surface area contributed by atoms with E-state index in [2.05, 4.69) is 41.8 Å². The Morgan fingerprint density at radius 3 is 2.62 bits per heavy atom. The van der Waals surface area contributed by atoms with Crippen molar-refractivity contribution >= 4 is 34.7 Å². The molecule has 0 aromatic carbocycles. The van der Waals surface area contributed by atoms with Crippen LogP contribution < -0.4 is 4.74 Å². The van der Waals surface area contributed by atoms with E-state index in [0.29, 0.717) is 23.6 Å². The Kier molecular flexibility index (Phi) is 8.33. The lowest BCUT2D eigenvalue weighted by Gasteiger charge is -2.03. The van der Waals surface area contributed by atoms with Gasteiger partial charge in [-0.25, -0.2) is 14.4 Å². The number of methoxy groups -OCH3 is 2. The van der Waals surface area contributed by atoms with Gasteiger partial charge < -0.3 is 9.47 Å². The van der Waals surface area contributed by atoms with Crippen LogP contribution in [0.15, 0.2) is 18.5 Å². The van der Waals surface area contributed by atoms with Crippen LogP contribution >= 0.6 is 28.4 Å². The summed E-state index contributed by atoms with van der Waals surface area (Å²) < 4.78 is 11.3. The van der Waals surface area contributed by atoms with Gasteiger partial charge in [0.2, 0.25) is 5.88 Å². The van der Waals surface area contributed by atoms with E-state index >= 15 is 0 Å². The van der Waals surface area contributed by atoms with Gasteiger partial charge in [0.1, 0.15) is 12.0 Å². The van der Waals surface area contributed by atoms with Gasteiger partial charge in [0, 0.05) is 19.8 Å². The van der Waals surface area contributed by atoms with E-state index in [1.807, 2.05) is 6.92 Å². The number of halogens is 1. The quantitative estimate of drug-likeness (QED) is 0.419. The molecular weight excluding hydrogens is 406 g/mol. The highest BCUT2D eigenvalue weighted by atomic mass is 127. The lowest BCUT2D eigenvalue weighted by Crippen LogP contribution is -1.94. The van der Waals surface area contributed by atoms with E-state index in [4.69, 9.17) is 4.74 Å². The summed E-state index contributed by atoms with van der Waals surface area (Å²) in [6.07, 6.45) is 2.53. The van der Waals surface area contributed by atoms with Gasteiger partial charge in [0.15, 0.2) is 6.29 Å². The minimum Gasteiger partial charge on any atom is -0.481 e. The fraction of sp³-hybridized carbons (Fsp3) is 0.333. The zero-order chi connectivity index (χ0) is 15.7. The molecule has 7 nitrogen and oxygen atoms in total. The number of aldehydes is 1. The third-order valence-electron chi connectivity index (χ3n) is 2.33. The Balaban J connectivity index is 0.000000491. The first-order chi connectivity index (χ1) is 10.2. The number of carbonyl (C=O) groups is 1. The number of rotatable bonds is 5. The molecule has 0 saturated carbocycles. The Labute approximate surface area is 137 Å². The van der Waals surface area contributed by atoms with Gasteiger partial charge in [0.25, 0.3) is 0 Å². The van der Waals surface area contributed by atoms with Crippen LogP contribution in [0.3, 0.4) is 0 Å². The van der Waals surface area contributed by atoms with E-state index in [1.165, 1.54) is 6.33 Å². The normalized spacial score (nSPS) is 10.3. The highest BCUT2D eigenvalue weighted by Gasteiger charge is 2.11. The number of ether oxygens (including phenoxy) is 2. The molecule has 2 heterocycles. The maximum absolute atomic E-state index is 10.7. The first-order valence-electron chi connectivity index (χ1n) is 5.97. The summed E-state index contributed by atoms with van der Waals surface area (Å²) in [4.78, 5) is 18.8. The van der Waals surface area contributed by atoms with Crippen molar-refractivity contribution in [2.45, 2.75) is 6.92 Å². The molecule has 2 aromatic heterocycles. The fourth-order valence-corrected chi connectivity index (χ4v) is 2.82. The van der Waals surface area contributed by atoms with Crippen molar-refractivity contribution in [1.82, 2.24) is 19.5 Å². The van der Waals surface area contributed by atoms with Crippen molar-refractivity contribution in [3.8, 4) is 17.3 Å². The lowest BCUT2D eigenvalue weighted by molar-refractivity contribution is 0.111. The largest absolute Gasteiger partial charge is 0.481 e. The van der Waals surface area contributed by atoms with E-state index in [-0.39, 0.29) is 0 Å². The first kappa shape index (κ1) is 17.9. The summed E-state index contributed by atoms with van der Waals surface area (Å²) >= 11 is 2.19. The van der Waals surface area contributed by atoms with Crippen molar-refractivity contribution in [2.75, 3.05) is 20.8 Å². The van der Waals surface area contributed by atoms with Gasteiger partial charge >= 0.3 is 0 Å². The van der Waals surface area contributed by atoms with Crippen LogP contribution in [0, 0.1) is 0 Å². The summed E-state index contributed by atoms with van der Waals surface area (Å²) in [7, 11) is 3.22. The van der Waals surface area contributed by atoms with Gasteiger partial charge in [-0.1, -0.05) is 0 Å². The van der Waals surface area contributed by atoms with Crippen molar-refractivity contribution in [3.05, 3.63) is 24.2 Å². The highest BCUT2D eigenvalue weighted by Crippen LogP contribution is 2.31. The molecule has 9 heteroatoms. The second kappa shape index (κ2) is 9.75. The van der Waals surface area contributed by atoms with Crippen LogP contribution in [-0.2, 0) is 4.74 Å². The number of carbonyl (C=O) groups excluding carboxylic acids is 1. The molecule has 0 spiro atoms. The van der Waals surface area contributed by atoms with Crippen LogP contribution in [0.1, 0.15) is 17.4 Å². The maximum Gasteiger partial charge on any atom is 0.216 e. The second-order valence-corrected chi connectivity index (χ2v) is 5.63. The summed E-state index contributed by atoms with van der Waals surface area (Å²) in [6.45, 7) is 2.78. The zero-order valence-corrected chi connectivity index (χ0v) is 15.1. The topological polar surface area (TPSA) is 79.1 Å². The summed E-state index contributed by atoms with van der Waals surface area (Å²) in [6, 6.07) is 3.40. The molecule has 0 saturated heterocycles. The van der Waals surface area contributed by atoms with Gasteiger partial charge in [0.05, 0.1) is 24.9 Å². The van der Waals surface area contributed by atoms with Gasteiger partial charge in [-0.05, 0) is 35.0 Å². The summed E-state index contributed by atoms with van der Waals surface area (Å²) in [5.74, 6) is 0.479. The summed E-state index contributed by atoms with van der Waals surface area (Å²) in [5, 5.41) is 4.13. The predicted molar refractivity (Wildman–Crippen MR) is 90.5 cm³/mol. The molecule has 0 aliphatic heterocycles. The number of hydrogen-bond donors (Lipinski definition) is 0. The molecule has 1 atom stereocenters. The third-order valence-corrected chi connectivity index (χ3v) is 4.20. The Morgan fingerprint density at radius 1 is 1.38 bits per heavy atom. The van der Waals surface area contributed by atoms with E-state index < -0.39 is 0 Å². The molecule has 1 unspecified atom stereocenters. The highest BCUT2D eigenvalue weighted by molar-refractivity contribution is 14.2. The number of aromatic nitrogens is 4. The molecule has 114 valence electrons. The van der Waals surface area contributed by atoms with Crippen LogP contribution in [0.5, 0.6) is 5.88 Å². The average molecular weight is 422 g/mol. The SMILES string of the molecule is CCOC.COc1cc(-c2cc(C=O)nn2PI)ncn1. The van der Waals surface area contributed by atoms with E-state index in [0.717, 1.165) is 18.6 Å². The number of nitrogens with zero attached hydrogens (tertiary/aromatic N) is 4. The van der Waals surface area contributed by atoms with E-state index in [9.17, 15) is 4.79 Å². The van der Waals surface area contributed by atoms with Crippen LogP contribution in [0.2, 0.25) is 0 Å². The van der Waals surface area contributed by atoms with Crippen LogP contribution in [0.4, 0.5) is 0 Å². The number of hydrogen-bond acceptors (Lipinski definition) is 6. The molecule has 0 radical (unpaired) electrons. The molecule has 2 aromatic rings. The van der Waals surface area contributed by atoms with Crippen molar-refractivity contribution in [1.29, 1.82) is 0 Å².